The van der Waals surface area contributed by atoms with E-state index in [9.17, 15) is 4.79 Å². The van der Waals surface area contributed by atoms with Crippen LogP contribution in [0.1, 0.15) is 13.8 Å². The first-order valence-corrected chi connectivity index (χ1v) is 6.80. The van der Waals surface area contributed by atoms with E-state index in [0.29, 0.717) is 16.1 Å². The van der Waals surface area contributed by atoms with Crippen molar-refractivity contribution in [2.24, 2.45) is 0 Å². The molecule has 1 heterocycles. The largest absolute Gasteiger partial charge is 0.406 e. The topological polar surface area (TPSA) is 67.9 Å². The highest BCUT2D eigenvalue weighted by Gasteiger charge is 2.13. The van der Waals surface area contributed by atoms with Crippen LogP contribution in [0.15, 0.2) is 34.2 Å². The van der Waals surface area contributed by atoms with E-state index in [-0.39, 0.29) is 17.4 Å². The Balaban J connectivity index is 2.62. The summed E-state index contributed by atoms with van der Waals surface area (Å²) < 4.78 is 1.18. The van der Waals surface area contributed by atoms with Gasteiger partial charge < -0.3 is 4.84 Å². The fourth-order valence-corrected chi connectivity index (χ4v) is 2.19. The lowest BCUT2D eigenvalue weighted by molar-refractivity contribution is 0.0346. The minimum atomic E-state index is -0.250. The van der Waals surface area contributed by atoms with Crippen LogP contribution in [0.3, 0.4) is 0 Å². The highest BCUT2D eigenvalue weighted by molar-refractivity contribution is 7.99. The van der Waals surface area contributed by atoms with Crippen LogP contribution >= 0.6 is 11.8 Å². The summed E-state index contributed by atoms with van der Waals surface area (Å²) in [6.45, 7) is 3.67. The third kappa shape index (κ3) is 2.88. The van der Waals surface area contributed by atoms with Gasteiger partial charge in [-0.25, -0.2) is 4.98 Å². The number of hydrogen-bond acceptors (Lipinski definition) is 5. The van der Waals surface area contributed by atoms with Gasteiger partial charge >= 0.3 is 0 Å². The molecule has 0 aliphatic rings. The number of nitrogens with zero attached hydrogens (tertiary/aromatic N) is 3. The number of fused-ring (bicyclic) bond motifs is 1. The fraction of sp³-hybridized carbons (Fsp3) is 0.308. The predicted molar refractivity (Wildman–Crippen MR) is 74.1 cm³/mol. The van der Waals surface area contributed by atoms with Gasteiger partial charge in [-0.2, -0.15) is 5.26 Å². The standard InChI is InChI=1S/C13H13N3O2S/c1-9(2)18-16-12(17)10-5-3-4-6-11(10)15-13(16)19-8-7-14/h3-6,9H,8H2,1-2H3. The Morgan fingerprint density at radius 2 is 2.21 bits per heavy atom. The SMILES string of the molecule is CC(C)On1c(SCC#N)nc2ccccc2c1=O. The van der Waals surface area contributed by atoms with Gasteiger partial charge in [-0.15, -0.1) is 4.73 Å². The van der Waals surface area contributed by atoms with E-state index in [0.717, 1.165) is 0 Å². The molecule has 0 bridgehead atoms. The highest BCUT2D eigenvalue weighted by Crippen LogP contribution is 2.16. The van der Waals surface area contributed by atoms with Gasteiger partial charge in [0, 0.05) is 0 Å². The third-order valence-electron chi connectivity index (χ3n) is 2.29. The molecule has 0 atom stereocenters. The maximum atomic E-state index is 12.3. The molecule has 98 valence electrons. The number of benzene rings is 1. The molecule has 1 aromatic carbocycles. The molecule has 5 nitrogen and oxygen atoms in total. The summed E-state index contributed by atoms with van der Waals surface area (Å²) in [5.74, 6) is 0.215. The summed E-state index contributed by atoms with van der Waals surface area (Å²) in [5.41, 5.74) is 0.358. The predicted octanol–water partition coefficient (Wildman–Crippen LogP) is 1.85. The molecule has 0 radical (unpaired) electrons. The molecule has 0 aliphatic heterocycles. The van der Waals surface area contributed by atoms with Gasteiger partial charge in [-0.1, -0.05) is 23.9 Å². The zero-order chi connectivity index (χ0) is 13.8. The van der Waals surface area contributed by atoms with Gasteiger partial charge in [0.2, 0.25) is 5.16 Å². The van der Waals surface area contributed by atoms with E-state index in [2.05, 4.69) is 4.98 Å². The minimum absolute atomic E-state index is 0.151. The molecule has 19 heavy (non-hydrogen) atoms. The summed E-state index contributed by atoms with van der Waals surface area (Å²) >= 11 is 1.18. The van der Waals surface area contributed by atoms with Crippen molar-refractivity contribution in [1.29, 1.82) is 5.26 Å². The van der Waals surface area contributed by atoms with Crippen LogP contribution in [-0.2, 0) is 0 Å². The number of thioether (sulfide) groups is 1. The van der Waals surface area contributed by atoms with Crippen LogP contribution < -0.4 is 10.4 Å². The molecular weight excluding hydrogens is 262 g/mol. The van der Waals surface area contributed by atoms with E-state index >= 15 is 0 Å². The number of nitriles is 1. The van der Waals surface area contributed by atoms with E-state index in [1.54, 1.807) is 18.2 Å². The molecule has 2 aromatic rings. The lowest BCUT2D eigenvalue weighted by atomic mass is 10.2. The lowest BCUT2D eigenvalue weighted by Gasteiger charge is -2.15. The second-order valence-electron chi connectivity index (χ2n) is 4.11. The van der Waals surface area contributed by atoms with Crippen LogP contribution in [0.25, 0.3) is 10.9 Å². The van der Waals surface area contributed by atoms with E-state index in [1.165, 1.54) is 16.5 Å². The first-order valence-electron chi connectivity index (χ1n) is 5.82. The fourth-order valence-electron chi connectivity index (χ4n) is 1.59. The van der Waals surface area contributed by atoms with Gasteiger partial charge in [0.15, 0.2) is 0 Å². The Hall–Kier alpha value is -2.00. The molecule has 0 saturated heterocycles. The van der Waals surface area contributed by atoms with Crippen LogP contribution in [0.4, 0.5) is 0 Å². The molecule has 0 unspecified atom stereocenters. The quantitative estimate of drug-likeness (QED) is 0.629. The smallest absolute Gasteiger partial charge is 0.295 e. The van der Waals surface area contributed by atoms with Crippen LogP contribution in [0.2, 0.25) is 0 Å². The maximum absolute atomic E-state index is 12.3. The van der Waals surface area contributed by atoms with E-state index < -0.39 is 0 Å². The normalized spacial score (nSPS) is 10.6. The second kappa shape index (κ2) is 5.76. The van der Waals surface area contributed by atoms with Crippen molar-refractivity contribution in [2.75, 3.05) is 5.75 Å². The molecule has 0 aliphatic carbocycles. The molecule has 0 fully saturated rings. The second-order valence-corrected chi connectivity index (χ2v) is 5.05. The van der Waals surface area contributed by atoms with Crippen LogP contribution in [0, 0.1) is 11.3 Å². The highest BCUT2D eigenvalue weighted by atomic mass is 32.2. The third-order valence-corrected chi connectivity index (χ3v) is 3.08. The zero-order valence-corrected chi connectivity index (χ0v) is 11.5. The molecule has 0 spiro atoms. The Kier molecular flexibility index (Phi) is 4.07. The maximum Gasteiger partial charge on any atom is 0.295 e. The monoisotopic (exact) mass is 275 g/mol. The van der Waals surface area contributed by atoms with Crippen molar-refractivity contribution in [1.82, 2.24) is 9.71 Å². The number of para-hydroxylation sites is 1. The molecule has 0 N–H and O–H groups in total. The number of aromatic nitrogens is 2. The Labute approximate surface area is 114 Å². The molecule has 6 heteroatoms. The molecule has 1 aromatic heterocycles. The van der Waals surface area contributed by atoms with Gasteiger partial charge in [0.05, 0.1) is 22.7 Å². The average Bonchev–Trinajstić information content (AvgIpc) is 2.40. The van der Waals surface area contributed by atoms with E-state index in [4.69, 9.17) is 10.1 Å². The van der Waals surface area contributed by atoms with Crippen molar-refractivity contribution in [3.8, 4) is 6.07 Å². The Morgan fingerprint density at radius 3 is 2.89 bits per heavy atom. The summed E-state index contributed by atoms with van der Waals surface area (Å²) in [4.78, 5) is 22.2. The minimum Gasteiger partial charge on any atom is -0.406 e. The average molecular weight is 275 g/mol. The summed E-state index contributed by atoms with van der Waals surface area (Å²) in [5, 5.41) is 9.56. The first kappa shape index (κ1) is 13.4. The zero-order valence-electron chi connectivity index (χ0n) is 10.7. The van der Waals surface area contributed by atoms with Crippen LogP contribution in [0.5, 0.6) is 0 Å². The Morgan fingerprint density at radius 1 is 1.47 bits per heavy atom. The van der Waals surface area contributed by atoms with Crippen LogP contribution in [-0.4, -0.2) is 21.6 Å². The van der Waals surface area contributed by atoms with Gasteiger partial charge in [0.1, 0.15) is 6.10 Å². The van der Waals surface area contributed by atoms with Crippen molar-refractivity contribution < 1.29 is 4.84 Å². The van der Waals surface area contributed by atoms with Gasteiger partial charge in [-0.05, 0) is 26.0 Å². The van der Waals surface area contributed by atoms with Gasteiger partial charge in [0.25, 0.3) is 5.56 Å². The lowest BCUT2D eigenvalue weighted by Crippen LogP contribution is -2.33. The summed E-state index contributed by atoms with van der Waals surface area (Å²) in [6, 6.07) is 9.10. The molecule has 2 rings (SSSR count). The summed E-state index contributed by atoms with van der Waals surface area (Å²) in [6.07, 6.45) is -0.151. The summed E-state index contributed by atoms with van der Waals surface area (Å²) in [7, 11) is 0. The van der Waals surface area contributed by atoms with E-state index in [1.807, 2.05) is 26.0 Å². The van der Waals surface area contributed by atoms with Crippen molar-refractivity contribution >= 4 is 22.7 Å². The Bertz CT molecular complexity index is 688. The first-order chi connectivity index (χ1) is 9.13. The van der Waals surface area contributed by atoms with Gasteiger partial charge in [-0.3, -0.25) is 4.79 Å². The van der Waals surface area contributed by atoms with Crippen molar-refractivity contribution in [2.45, 2.75) is 25.1 Å². The molecular formula is C13H13N3O2S. The van der Waals surface area contributed by atoms with Crippen molar-refractivity contribution in [3.63, 3.8) is 0 Å². The molecule has 0 amide bonds. The van der Waals surface area contributed by atoms with Crippen molar-refractivity contribution in [3.05, 3.63) is 34.6 Å². The number of hydrogen-bond donors (Lipinski definition) is 0. The number of rotatable bonds is 4. The molecule has 0 saturated carbocycles.